The summed E-state index contributed by atoms with van der Waals surface area (Å²) >= 11 is 0. The second-order valence-corrected chi connectivity index (χ2v) is 3.59. The van der Waals surface area contributed by atoms with E-state index in [2.05, 4.69) is 0 Å². The van der Waals surface area contributed by atoms with Crippen LogP contribution in [0.4, 0.5) is 0 Å². The van der Waals surface area contributed by atoms with Gasteiger partial charge in [0.2, 0.25) is 0 Å². The molecule has 0 saturated carbocycles. The highest BCUT2D eigenvalue weighted by Crippen LogP contribution is 2.02. The minimum absolute atomic E-state index is 0.130. The first kappa shape index (κ1) is 12.7. The largest absolute Gasteiger partial charge is 0.396 e. The average Bonchev–Trinajstić information content (AvgIpc) is 2.33. The maximum Gasteiger partial charge on any atom is 0.0724 e. The Hall–Kier alpha value is -1.38. The number of allylic oxidation sites excluding steroid dienone is 2. The van der Waals surface area contributed by atoms with Gasteiger partial charge >= 0.3 is 0 Å². The summed E-state index contributed by atoms with van der Waals surface area (Å²) in [5.74, 6) is 0. The fraction of sp³-hybridized carbons (Fsp3) is 0.286. The molecule has 1 aromatic carbocycles. The molecular weight excluding hydrogens is 200 g/mol. The van der Waals surface area contributed by atoms with Crippen molar-refractivity contribution in [2.24, 2.45) is 0 Å². The van der Waals surface area contributed by atoms with E-state index < -0.39 is 6.10 Å². The molecule has 1 atom stereocenters. The molecule has 0 saturated heterocycles. The third-order valence-electron chi connectivity index (χ3n) is 2.19. The lowest BCUT2D eigenvalue weighted by Crippen LogP contribution is -2.02. The Labute approximate surface area is 96.6 Å². The van der Waals surface area contributed by atoms with Gasteiger partial charge in [0.25, 0.3) is 0 Å². The molecule has 16 heavy (non-hydrogen) atoms. The smallest absolute Gasteiger partial charge is 0.0724 e. The van der Waals surface area contributed by atoms with Gasteiger partial charge in [0.05, 0.1) is 6.10 Å². The molecule has 1 rings (SSSR count). The minimum Gasteiger partial charge on any atom is -0.396 e. The van der Waals surface area contributed by atoms with Gasteiger partial charge in [0.15, 0.2) is 0 Å². The van der Waals surface area contributed by atoms with E-state index in [-0.39, 0.29) is 6.61 Å². The molecule has 0 amide bonds. The first-order valence-corrected chi connectivity index (χ1v) is 5.52. The van der Waals surface area contributed by atoms with Crippen molar-refractivity contribution in [3.8, 4) is 0 Å². The van der Waals surface area contributed by atoms with Crippen molar-refractivity contribution in [2.75, 3.05) is 6.61 Å². The van der Waals surface area contributed by atoms with Crippen molar-refractivity contribution in [2.45, 2.75) is 18.9 Å². The molecule has 86 valence electrons. The number of hydrogen-bond donors (Lipinski definition) is 2. The third-order valence-corrected chi connectivity index (χ3v) is 2.19. The fourth-order valence-corrected chi connectivity index (χ4v) is 1.32. The standard InChI is InChI=1S/C14H18O2/c15-12-6-11-14(16)10-5-4-9-13-7-2-1-3-8-13/h1-5,7-10,14-16H,6,11-12H2. The van der Waals surface area contributed by atoms with Crippen LogP contribution >= 0.6 is 0 Å². The molecule has 0 aliphatic rings. The molecule has 0 spiro atoms. The SMILES string of the molecule is OCCCC(O)C=CC=Cc1ccccc1. The van der Waals surface area contributed by atoms with Crippen LogP contribution in [0.3, 0.4) is 0 Å². The zero-order chi connectivity index (χ0) is 11.6. The topological polar surface area (TPSA) is 40.5 Å². The predicted octanol–water partition coefficient (Wildman–Crippen LogP) is 2.39. The van der Waals surface area contributed by atoms with Gasteiger partial charge in [0, 0.05) is 6.61 Å². The Balaban J connectivity index is 2.33. The van der Waals surface area contributed by atoms with E-state index in [0.29, 0.717) is 12.8 Å². The van der Waals surface area contributed by atoms with Crippen LogP contribution in [0.1, 0.15) is 18.4 Å². The second-order valence-electron chi connectivity index (χ2n) is 3.59. The van der Waals surface area contributed by atoms with Crippen LogP contribution < -0.4 is 0 Å². The zero-order valence-corrected chi connectivity index (χ0v) is 9.29. The van der Waals surface area contributed by atoms with E-state index in [1.165, 1.54) is 0 Å². The number of hydrogen-bond acceptors (Lipinski definition) is 2. The average molecular weight is 218 g/mol. The number of aliphatic hydroxyl groups is 2. The molecule has 0 bridgehead atoms. The summed E-state index contributed by atoms with van der Waals surface area (Å²) in [5, 5.41) is 18.0. The van der Waals surface area contributed by atoms with Crippen LogP contribution in [0.15, 0.2) is 48.6 Å². The maximum absolute atomic E-state index is 9.45. The predicted molar refractivity (Wildman–Crippen MR) is 66.9 cm³/mol. The summed E-state index contributed by atoms with van der Waals surface area (Å²) in [6, 6.07) is 9.99. The van der Waals surface area contributed by atoms with E-state index in [4.69, 9.17) is 5.11 Å². The van der Waals surface area contributed by atoms with Crippen LogP contribution in [-0.4, -0.2) is 22.9 Å². The highest BCUT2D eigenvalue weighted by Gasteiger charge is 1.95. The molecule has 1 unspecified atom stereocenters. The monoisotopic (exact) mass is 218 g/mol. The minimum atomic E-state index is -0.465. The van der Waals surface area contributed by atoms with E-state index in [0.717, 1.165) is 5.56 Å². The number of rotatable bonds is 6. The van der Waals surface area contributed by atoms with Crippen LogP contribution in [0.2, 0.25) is 0 Å². The van der Waals surface area contributed by atoms with Gasteiger partial charge in [0.1, 0.15) is 0 Å². The summed E-state index contributed by atoms with van der Waals surface area (Å²) in [5.41, 5.74) is 1.14. The van der Waals surface area contributed by atoms with Gasteiger partial charge in [-0.05, 0) is 18.4 Å². The lowest BCUT2D eigenvalue weighted by atomic mass is 10.2. The first-order valence-electron chi connectivity index (χ1n) is 5.52. The quantitative estimate of drug-likeness (QED) is 0.720. The van der Waals surface area contributed by atoms with Gasteiger partial charge in [-0.2, -0.15) is 0 Å². The summed E-state index contributed by atoms with van der Waals surface area (Å²) in [6.45, 7) is 0.130. The van der Waals surface area contributed by atoms with E-state index in [1.807, 2.05) is 48.6 Å². The molecule has 2 heteroatoms. The van der Waals surface area contributed by atoms with Crippen molar-refractivity contribution in [1.82, 2.24) is 0 Å². The van der Waals surface area contributed by atoms with Crippen LogP contribution in [0.25, 0.3) is 6.08 Å². The number of benzene rings is 1. The number of aliphatic hydroxyl groups excluding tert-OH is 2. The molecule has 0 aliphatic carbocycles. The Morgan fingerprint density at radius 1 is 1.12 bits per heavy atom. The summed E-state index contributed by atoms with van der Waals surface area (Å²) < 4.78 is 0. The fourth-order valence-electron chi connectivity index (χ4n) is 1.32. The van der Waals surface area contributed by atoms with Crippen molar-refractivity contribution in [1.29, 1.82) is 0 Å². The van der Waals surface area contributed by atoms with Gasteiger partial charge in [-0.25, -0.2) is 0 Å². The lowest BCUT2D eigenvalue weighted by Gasteiger charge is -2.01. The third kappa shape index (κ3) is 5.49. The molecule has 0 aliphatic heterocycles. The zero-order valence-electron chi connectivity index (χ0n) is 9.29. The van der Waals surface area contributed by atoms with E-state index >= 15 is 0 Å². The van der Waals surface area contributed by atoms with Crippen molar-refractivity contribution >= 4 is 6.08 Å². The summed E-state index contributed by atoms with van der Waals surface area (Å²) in [6.07, 6.45) is 8.21. The maximum atomic E-state index is 9.45. The highest BCUT2D eigenvalue weighted by molar-refractivity contribution is 5.50. The van der Waals surface area contributed by atoms with Crippen molar-refractivity contribution in [3.05, 3.63) is 54.1 Å². The molecule has 0 heterocycles. The summed E-state index contributed by atoms with van der Waals surface area (Å²) in [7, 11) is 0. The van der Waals surface area contributed by atoms with Crippen LogP contribution in [0.5, 0.6) is 0 Å². The molecule has 2 nitrogen and oxygen atoms in total. The Bertz CT molecular complexity index is 328. The van der Waals surface area contributed by atoms with Gasteiger partial charge in [-0.3, -0.25) is 0 Å². The van der Waals surface area contributed by atoms with Crippen molar-refractivity contribution < 1.29 is 10.2 Å². The Morgan fingerprint density at radius 2 is 1.88 bits per heavy atom. The molecular formula is C14H18O2. The molecule has 1 aromatic rings. The van der Waals surface area contributed by atoms with E-state index in [9.17, 15) is 5.11 Å². The second kappa shape index (κ2) is 7.85. The van der Waals surface area contributed by atoms with Crippen LogP contribution in [0, 0.1) is 0 Å². The molecule has 0 radical (unpaired) electrons. The molecule has 0 aromatic heterocycles. The highest BCUT2D eigenvalue weighted by atomic mass is 16.3. The summed E-state index contributed by atoms with van der Waals surface area (Å²) in [4.78, 5) is 0. The van der Waals surface area contributed by atoms with Crippen molar-refractivity contribution in [3.63, 3.8) is 0 Å². The Morgan fingerprint density at radius 3 is 2.56 bits per heavy atom. The van der Waals surface area contributed by atoms with Gasteiger partial charge in [-0.15, -0.1) is 0 Å². The Kier molecular flexibility index (Phi) is 6.23. The van der Waals surface area contributed by atoms with Gasteiger partial charge in [-0.1, -0.05) is 54.6 Å². The van der Waals surface area contributed by atoms with Gasteiger partial charge < -0.3 is 10.2 Å². The van der Waals surface area contributed by atoms with Crippen LogP contribution in [-0.2, 0) is 0 Å². The van der Waals surface area contributed by atoms with E-state index in [1.54, 1.807) is 6.08 Å². The first-order chi connectivity index (χ1) is 7.83. The molecule has 0 fully saturated rings. The normalized spacial score (nSPS) is 13.6. The molecule has 2 N–H and O–H groups in total. The lowest BCUT2D eigenvalue weighted by molar-refractivity contribution is 0.190.